The summed E-state index contributed by atoms with van der Waals surface area (Å²) >= 11 is 3.38. The Hall–Kier alpha value is -4.65. The molecule has 3 aromatic carbocycles. The number of hydrogen-bond donors (Lipinski definition) is 1. The number of nitrogens with zero attached hydrogens (tertiary/aromatic N) is 4. The fourth-order valence-electron chi connectivity index (χ4n) is 4.03. The molecular weight excluding hydrogens is 613 g/mol. The number of aromatic nitrogens is 2. The molecule has 218 valence electrons. The van der Waals surface area contributed by atoms with Crippen LogP contribution in [0.1, 0.15) is 38.1 Å². The van der Waals surface area contributed by atoms with Crippen LogP contribution in [-0.2, 0) is 11.2 Å². The van der Waals surface area contributed by atoms with Crippen LogP contribution in [-0.4, -0.2) is 39.9 Å². The van der Waals surface area contributed by atoms with Crippen LogP contribution in [0.4, 0.5) is 15.8 Å². The summed E-state index contributed by atoms with van der Waals surface area (Å²) in [5.41, 5.74) is 0.294. The summed E-state index contributed by atoms with van der Waals surface area (Å²) in [6.45, 7) is 3.30. The predicted octanol–water partition coefficient (Wildman–Crippen LogP) is 5.85. The third kappa shape index (κ3) is 7.35. The highest BCUT2D eigenvalue weighted by Crippen LogP contribution is 2.38. The van der Waals surface area contributed by atoms with E-state index in [0.717, 1.165) is 12.8 Å². The maximum atomic E-state index is 13.4. The van der Waals surface area contributed by atoms with E-state index in [1.807, 2.05) is 6.92 Å². The minimum atomic E-state index is -0.666. The van der Waals surface area contributed by atoms with E-state index in [1.54, 1.807) is 25.1 Å². The van der Waals surface area contributed by atoms with Gasteiger partial charge in [-0.2, -0.15) is 9.78 Å². The average molecular weight is 640 g/mol. The molecule has 0 aliphatic rings. The first-order valence-electron chi connectivity index (χ1n) is 13.1. The van der Waals surface area contributed by atoms with Gasteiger partial charge >= 0.3 is 5.69 Å². The van der Waals surface area contributed by atoms with E-state index < -0.39 is 28.9 Å². The van der Waals surface area contributed by atoms with Crippen LogP contribution >= 0.6 is 15.9 Å². The molecule has 0 atom stereocenters. The SMILES string of the molecule is CCCCc1nc2ccc(Br)cc2c(=O)n1N=Cc1cc(OCC)c(OCC(=O)Nc2ccc(F)cc2)c([N+](=O)[O-])c1. The van der Waals surface area contributed by atoms with Gasteiger partial charge in [-0.1, -0.05) is 29.3 Å². The van der Waals surface area contributed by atoms with Crippen LogP contribution in [0.2, 0.25) is 0 Å². The van der Waals surface area contributed by atoms with Crippen molar-refractivity contribution in [2.24, 2.45) is 5.10 Å². The molecular formula is C29H27BrFN5O6. The number of amides is 1. The Morgan fingerprint density at radius 1 is 1.17 bits per heavy atom. The molecule has 0 saturated heterocycles. The summed E-state index contributed by atoms with van der Waals surface area (Å²) in [6, 6.07) is 13.0. The number of carbonyl (C=O) groups excluding carboxylic acids is 1. The lowest BCUT2D eigenvalue weighted by atomic mass is 10.2. The summed E-state index contributed by atoms with van der Waals surface area (Å²) in [6.07, 6.45) is 3.48. The third-order valence-electron chi connectivity index (χ3n) is 5.98. The standard InChI is InChI=1S/C29H27BrFN5O6/c1-3-5-6-26-34-23-12-7-19(30)15-22(23)29(38)35(26)32-16-18-13-24(36(39)40)28(25(14-18)41-4-2)42-17-27(37)33-21-10-8-20(31)9-11-21/h7-16H,3-6,17H2,1-2H3,(H,33,37). The lowest BCUT2D eigenvalue weighted by Crippen LogP contribution is -2.22. The quantitative estimate of drug-likeness (QED) is 0.117. The highest BCUT2D eigenvalue weighted by molar-refractivity contribution is 9.10. The molecule has 42 heavy (non-hydrogen) atoms. The number of unbranched alkanes of at least 4 members (excludes halogenated alkanes) is 1. The number of hydrogen-bond acceptors (Lipinski definition) is 8. The van der Waals surface area contributed by atoms with Gasteiger partial charge in [-0.05, 0) is 61.9 Å². The summed E-state index contributed by atoms with van der Waals surface area (Å²) in [4.78, 5) is 41.7. The van der Waals surface area contributed by atoms with Gasteiger partial charge in [-0.3, -0.25) is 19.7 Å². The lowest BCUT2D eigenvalue weighted by molar-refractivity contribution is -0.385. The van der Waals surface area contributed by atoms with Gasteiger partial charge in [0.2, 0.25) is 5.75 Å². The number of aryl methyl sites for hydroxylation is 1. The van der Waals surface area contributed by atoms with Crippen LogP contribution < -0.4 is 20.3 Å². The Labute approximate surface area is 248 Å². The van der Waals surface area contributed by atoms with Gasteiger partial charge in [0.1, 0.15) is 11.6 Å². The van der Waals surface area contributed by atoms with E-state index in [9.17, 15) is 24.1 Å². The molecule has 0 bridgehead atoms. The number of nitro benzene ring substituents is 1. The molecule has 1 amide bonds. The molecule has 0 fully saturated rings. The number of fused-ring (bicyclic) bond motifs is 1. The topological polar surface area (TPSA) is 138 Å². The second-order valence-corrected chi connectivity index (χ2v) is 9.97. The van der Waals surface area contributed by atoms with Crippen LogP contribution in [0.5, 0.6) is 11.5 Å². The second kappa shape index (κ2) is 13.8. The van der Waals surface area contributed by atoms with Gasteiger partial charge in [-0.15, -0.1) is 0 Å². The van der Waals surface area contributed by atoms with Crippen LogP contribution in [0.15, 0.2) is 69.0 Å². The van der Waals surface area contributed by atoms with Crippen molar-refractivity contribution >= 4 is 50.3 Å². The fourth-order valence-corrected chi connectivity index (χ4v) is 4.39. The van der Waals surface area contributed by atoms with Crippen LogP contribution in [0, 0.1) is 15.9 Å². The van der Waals surface area contributed by atoms with E-state index >= 15 is 0 Å². The molecule has 0 unspecified atom stereocenters. The van der Waals surface area contributed by atoms with Gasteiger partial charge < -0.3 is 14.8 Å². The van der Waals surface area contributed by atoms with Gasteiger partial charge in [0.05, 0.1) is 28.6 Å². The first-order valence-corrected chi connectivity index (χ1v) is 13.9. The molecule has 0 aliphatic carbocycles. The van der Waals surface area contributed by atoms with E-state index in [0.29, 0.717) is 33.3 Å². The molecule has 1 heterocycles. The molecule has 11 nitrogen and oxygen atoms in total. The number of nitrogens with one attached hydrogen (secondary N) is 1. The number of rotatable bonds is 12. The van der Waals surface area contributed by atoms with Crippen molar-refractivity contribution in [3.63, 3.8) is 0 Å². The zero-order valence-corrected chi connectivity index (χ0v) is 24.4. The number of anilines is 1. The van der Waals surface area contributed by atoms with Gasteiger partial charge in [0.25, 0.3) is 11.5 Å². The molecule has 0 radical (unpaired) electrons. The summed E-state index contributed by atoms with van der Waals surface area (Å²) in [7, 11) is 0. The molecule has 13 heteroatoms. The molecule has 0 spiro atoms. The predicted molar refractivity (Wildman–Crippen MR) is 160 cm³/mol. The fraction of sp³-hybridized carbons (Fsp3) is 0.241. The maximum Gasteiger partial charge on any atom is 0.315 e. The smallest absolute Gasteiger partial charge is 0.315 e. The first kappa shape index (κ1) is 30.3. The molecule has 0 aliphatic heterocycles. The number of nitro groups is 1. The number of carbonyl (C=O) groups is 1. The van der Waals surface area contributed by atoms with Crippen molar-refractivity contribution in [2.45, 2.75) is 33.1 Å². The van der Waals surface area contributed by atoms with Crippen molar-refractivity contribution < 1.29 is 23.6 Å². The molecule has 1 N–H and O–H groups in total. The second-order valence-electron chi connectivity index (χ2n) is 9.06. The molecule has 4 aromatic rings. The minimum absolute atomic E-state index is 0.0156. The van der Waals surface area contributed by atoms with E-state index in [1.165, 1.54) is 47.3 Å². The Kier molecular flexibility index (Phi) is 9.97. The summed E-state index contributed by atoms with van der Waals surface area (Å²) in [5.74, 6) is -0.844. The largest absolute Gasteiger partial charge is 0.490 e. The average Bonchev–Trinajstić information content (AvgIpc) is 2.96. The normalized spacial score (nSPS) is 11.1. The maximum absolute atomic E-state index is 13.4. The van der Waals surface area contributed by atoms with Crippen molar-refractivity contribution in [3.8, 4) is 11.5 Å². The van der Waals surface area contributed by atoms with E-state index in [-0.39, 0.29) is 29.2 Å². The van der Waals surface area contributed by atoms with Crippen molar-refractivity contribution in [1.29, 1.82) is 0 Å². The highest BCUT2D eigenvalue weighted by Gasteiger charge is 2.23. The van der Waals surface area contributed by atoms with Gasteiger partial charge in [-0.25, -0.2) is 9.37 Å². The van der Waals surface area contributed by atoms with Gasteiger partial charge in [0, 0.05) is 28.2 Å². The van der Waals surface area contributed by atoms with Crippen molar-refractivity contribution in [2.75, 3.05) is 18.5 Å². The lowest BCUT2D eigenvalue weighted by Gasteiger charge is -2.13. The Bertz CT molecular complexity index is 1710. The van der Waals surface area contributed by atoms with Crippen molar-refractivity contribution in [1.82, 2.24) is 9.66 Å². The van der Waals surface area contributed by atoms with Crippen LogP contribution in [0.25, 0.3) is 10.9 Å². The monoisotopic (exact) mass is 639 g/mol. The van der Waals surface area contributed by atoms with E-state index in [4.69, 9.17) is 9.47 Å². The van der Waals surface area contributed by atoms with Crippen molar-refractivity contribution in [3.05, 3.63) is 96.7 Å². The Morgan fingerprint density at radius 2 is 1.93 bits per heavy atom. The van der Waals surface area contributed by atoms with Gasteiger partial charge in [0.15, 0.2) is 12.4 Å². The Balaban J connectivity index is 1.67. The van der Waals surface area contributed by atoms with E-state index in [2.05, 4.69) is 31.3 Å². The Morgan fingerprint density at radius 3 is 2.62 bits per heavy atom. The molecule has 1 aromatic heterocycles. The summed E-state index contributed by atoms with van der Waals surface area (Å²) in [5, 5.41) is 19.2. The minimum Gasteiger partial charge on any atom is -0.490 e. The zero-order valence-electron chi connectivity index (χ0n) is 22.8. The number of benzene rings is 3. The summed E-state index contributed by atoms with van der Waals surface area (Å²) < 4.78 is 26.2. The number of ether oxygens (including phenoxy) is 2. The molecule has 0 saturated carbocycles. The highest BCUT2D eigenvalue weighted by atomic mass is 79.9. The van der Waals surface area contributed by atoms with Crippen LogP contribution in [0.3, 0.4) is 0 Å². The number of halogens is 2. The first-order chi connectivity index (χ1) is 20.2. The molecule has 4 rings (SSSR count). The third-order valence-corrected chi connectivity index (χ3v) is 6.47. The zero-order chi connectivity index (χ0) is 30.2.